The molecule has 13 nitrogen and oxygen atoms in total. The Balaban J connectivity index is 1.64. The van der Waals surface area contributed by atoms with E-state index in [1.165, 1.54) is 17.1 Å². The fraction of sp³-hybridized carbons (Fsp3) is 0.526. The van der Waals surface area contributed by atoms with Crippen molar-refractivity contribution in [3.05, 3.63) is 18.1 Å². The number of nitrogens with one attached hydrogen (secondary N) is 2. The van der Waals surface area contributed by atoms with Gasteiger partial charge < -0.3 is 30.5 Å². The highest BCUT2D eigenvalue weighted by molar-refractivity contribution is 5.94. The molecular weight excluding hydrogens is 422 g/mol. The maximum absolute atomic E-state index is 11.6. The van der Waals surface area contributed by atoms with Gasteiger partial charge in [0.25, 0.3) is 0 Å². The monoisotopic (exact) mass is 445 g/mol. The molecule has 3 aromatic heterocycles. The number of anilines is 1. The summed E-state index contributed by atoms with van der Waals surface area (Å²) in [6.45, 7) is -0.467. The van der Waals surface area contributed by atoms with Gasteiger partial charge in [-0.1, -0.05) is 12.8 Å². The number of imidazole rings is 1. The average molecular weight is 445 g/mol. The fourth-order valence-electron chi connectivity index (χ4n) is 4.31. The number of ether oxygens (including phenoxy) is 1. The molecule has 6 N–H and O–H groups in total. The molecule has 13 heteroatoms. The molecule has 1 aliphatic heterocycles. The molecule has 5 rings (SSSR count). The Kier molecular flexibility index (Phi) is 5.25. The second-order valence-corrected chi connectivity index (χ2v) is 8.03. The molecule has 2 aliphatic rings. The normalized spacial score (nSPS) is 26.2. The Morgan fingerprint density at radius 1 is 1.25 bits per heavy atom. The molecule has 170 valence electrons. The van der Waals surface area contributed by atoms with Crippen LogP contribution in [0.5, 0.6) is 0 Å². The van der Waals surface area contributed by atoms with Gasteiger partial charge in [-0.2, -0.15) is 5.10 Å². The molecule has 1 unspecified atom stereocenters. The van der Waals surface area contributed by atoms with E-state index in [-0.39, 0.29) is 28.8 Å². The number of aliphatic hydroxyl groups is 3. The van der Waals surface area contributed by atoms with Crippen molar-refractivity contribution in [1.29, 1.82) is 0 Å². The van der Waals surface area contributed by atoms with Crippen LogP contribution >= 0.6 is 0 Å². The second-order valence-electron chi connectivity index (χ2n) is 8.03. The van der Waals surface area contributed by atoms with Crippen LogP contribution < -0.4 is 5.32 Å². The first-order valence-corrected chi connectivity index (χ1v) is 10.4. The number of aromatic nitrogens is 6. The maximum Gasteiger partial charge on any atom is 0.339 e. The van der Waals surface area contributed by atoms with Gasteiger partial charge in [0.05, 0.1) is 12.9 Å². The van der Waals surface area contributed by atoms with Gasteiger partial charge in [-0.3, -0.25) is 9.67 Å². The Morgan fingerprint density at radius 3 is 2.72 bits per heavy atom. The number of fused-ring (bicyclic) bond motifs is 1. The molecule has 4 atom stereocenters. The van der Waals surface area contributed by atoms with Gasteiger partial charge in [0, 0.05) is 12.2 Å². The quantitative estimate of drug-likeness (QED) is 0.296. The van der Waals surface area contributed by atoms with Crippen molar-refractivity contribution in [2.24, 2.45) is 0 Å². The number of carbonyl (C=O) groups is 1. The zero-order valence-corrected chi connectivity index (χ0v) is 16.9. The third kappa shape index (κ3) is 3.39. The highest BCUT2D eigenvalue weighted by Gasteiger charge is 2.44. The molecular formula is C19H23N7O6. The number of aromatic carboxylic acids is 1. The maximum atomic E-state index is 11.6. The first-order chi connectivity index (χ1) is 15.5. The highest BCUT2D eigenvalue weighted by Crippen LogP contribution is 2.34. The minimum absolute atomic E-state index is 0.0581. The van der Waals surface area contributed by atoms with Crippen LogP contribution in [0.1, 0.15) is 42.3 Å². The summed E-state index contributed by atoms with van der Waals surface area (Å²) >= 11 is 0. The number of aromatic amines is 1. The predicted molar refractivity (Wildman–Crippen MR) is 109 cm³/mol. The molecule has 0 bridgehead atoms. The minimum Gasteiger partial charge on any atom is -0.478 e. The van der Waals surface area contributed by atoms with Gasteiger partial charge in [0.2, 0.25) is 0 Å². The molecule has 4 heterocycles. The molecule has 0 aromatic carbocycles. The SMILES string of the molecule is O=C(O)c1c[nH]nc1-c1nc(NC2CCCC2)c2ncn(C3O[C@H](CO)[C@@H](O)[C@H]3O)c2n1. The molecule has 1 saturated heterocycles. The summed E-state index contributed by atoms with van der Waals surface area (Å²) in [7, 11) is 0. The third-order valence-electron chi connectivity index (χ3n) is 5.99. The van der Waals surface area contributed by atoms with Crippen molar-refractivity contribution >= 4 is 23.0 Å². The number of carboxylic acids is 1. The topological polar surface area (TPSA) is 192 Å². The molecule has 0 spiro atoms. The molecule has 1 saturated carbocycles. The molecule has 2 fully saturated rings. The van der Waals surface area contributed by atoms with Crippen LogP contribution in [0.25, 0.3) is 22.7 Å². The standard InChI is InChI=1S/C19H23N7O6/c27-6-10-13(28)14(29)18(32-10)26-7-20-12-16(22-8-3-1-2-4-8)23-15(24-17(12)26)11-9(19(30)31)5-21-25-11/h5,7-8,10,13-14,18,27-29H,1-4,6H2,(H,21,25)(H,30,31)(H,22,23,24)/t10-,13-,14-,18?/m1/s1. The number of H-pyrrole nitrogens is 1. The van der Waals surface area contributed by atoms with E-state index in [0.29, 0.717) is 11.3 Å². The lowest BCUT2D eigenvalue weighted by Crippen LogP contribution is -2.33. The van der Waals surface area contributed by atoms with Gasteiger partial charge in [-0.15, -0.1) is 0 Å². The lowest BCUT2D eigenvalue weighted by molar-refractivity contribution is -0.0511. The molecule has 0 amide bonds. The van der Waals surface area contributed by atoms with Crippen molar-refractivity contribution < 1.29 is 30.0 Å². The first-order valence-electron chi connectivity index (χ1n) is 10.4. The first kappa shape index (κ1) is 20.8. The summed E-state index contributed by atoms with van der Waals surface area (Å²) in [4.78, 5) is 25.0. The van der Waals surface area contributed by atoms with E-state index in [1.54, 1.807) is 0 Å². The Morgan fingerprint density at radius 2 is 2.03 bits per heavy atom. The number of aliphatic hydroxyl groups excluding tert-OH is 3. The summed E-state index contributed by atoms with van der Waals surface area (Å²) < 4.78 is 7.07. The van der Waals surface area contributed by atoms with Crippen LogP contribution in [0.3, 0.4) is 0 Å². The van der Waals surface area contributed by atoms with Crippen LogP contribution in [-0.2, 0) is 4.74 Å². The molecule has 3 aromatic rings. The van der Waals surface area contributed by atoms with Crippen molar-refractivity contribution in [2.75, 3.05) is 11.9 Å². The van der Waals surface area contributed by atoms with Gasteiger partial charge in [-0.25, -0.2) is 19.7 Å². The van der Waals surface area contributed by atoms with E-state index in [1.807, 2.05) is 0 Å². The molecule has 0 radical (unpaired) electrons. The van der Waals surface area contributed by atoms with E-state index in [9.17, 15) is 25.2 Å². The van der Waals surface area contributed by atoms with Gasteiger partial charge >= 0.3 is 5.97 Å². The fourth-order valence-corrected chi connectivity index (χ4v) is 4.31. The van der Waals surface area contributed by atoms with Crippen molar-refractivity contribution in [2.45, 2.75) is 56.3 Å². The molecule has 1 aliphatic carbocycles. The summed E-state index contributed by atoms with van der Waals surface area (Å²) in [5.41, 5.74) is 0.647. The number of hydrogen-bond acceptors (Lipinski definition) is 10. The van der Waals surface area contributed by atoms with Crippen LogP contribution in [0, 0.1) is 0 Å². The second kappa shape index (κ2) is 8.09. The smallest absolute Gasteiger partial charge is 0.339 e. The van der Waals surface area contributed by atoms with E-state index in [4.69, 9.17) is 4.74 Å². The van der Waals surface area contributed by atoms with Crippen LogP contribution in [0.4, 0.5) is 5.82 Å². The van der Waals surface area contributed by atoms with Gasteiger partial charge in [0.15, 0.2) is 29.0 Å². The van der Waals surface area contributed by atoms with Crippen LogP contribution in [0.15, 0.2) is 12.5 Å². The van der Waals surface area contributed by atoms with E-state index >= 15 is 0 Å². The third-order valence-corrected chi connectivity index (χ3v) is 5.99. The summed E-state index contributed by atoms with van der Waals surface area (Å²) in [5.74, 6) is -0.702. The Hall–Kier alpha value is -3.13. The zero-order chi connectivity index (χ0) is 22.4. The van der Waals surface area contributed by atoms with Crippen molar-refractivity contribution in [1.82, 2.24) is 29.7 Å². The lowest BCUT2D eigenvalue weighted by Gasteiger charge is -2.17. The van der Waals surface area contributed by atoms with Gasteiger partial charge in [-0.05, 0) is 12.8 Å². The van der Waals surface area contributed by atoms with E-state index in [2.05, 4.69) is 30.5 Å². The highest BCUT2D eigenvalue weighted by atomic mass is 16.6. The molecule has 32 heavy (non-hydrogen) atoms. The largest absolute Gasteiger partial charge is 0.478 e. The van der Waals surface area contributed by atoms with Crippen molar-refractivity contribution in [3.8, 4) is 11.5 Å². The number of nitrogens with zero attached hydrogens (tertiary/aromatic N) is 5. The Labute approximate surface area is 181 Å². The van der Waals surface area contributed by atoms with Crippen LogP contribution in [0.2, 0.25) is 0 Å². The minimum atomic E-state index is -1.32. The van der Waals surface area contributed by atoms with Crippen LogP contribution in [-0.4, -0.2) is 87.1 Å². The lowest BCUT2D eigenvalue weighted by atomic mass is 10.1. The van der Waals surface area contributed by atoms with E-state index in [0.717, 1.165) is 25.7 Å². The summed E-state index contributed by atoms with van der Waals surface area (Å²) in [5, 5.41) is 49.4. The predicted octanol–water partition coefficient (Wildman–Crippen LogP) is -0.119. The van der Waals surface area contributed by atoms with E-state index < -0.39 is 37.1 Å². The number of hydrogen-bond donors (Lipinski definition) is 6. The average Bonchev–Trinajstić information content (AvgIpc) is 3.56. The van der Waals surface area contributed by atoms with Crippen molar-refractivity contribution in [3.63, 3.8) is 0 Å². The summed E-state index contributed by atoms with van der Waals surface area (Å²) in [6, 6.07) is 0.193. The Bertz CT molecular complexity index is 1140. The van der Waals surface area contributed by atoms with Gasteiger partial charge in [0.1, 0.15) is 29.6 Å². The number of rotatable bonds is 6. The number of carboxylic acid groups (broad SMARTS) is 1. The summed E-state index contributed by atoms with van der Waals surface area (Å²) in [6.07, 6.45) is 2.17. The zero-order valence-electron chi connectivity index (χ0n) is 16.9.